The first kappa shape index (κ1) is 11.1. The summed E-state index contributed by atoms with van der Waals surface area (Å²) in [6.45, 7) is 2.30. The second-order valence-corrected chi connectivity index (χ2v) is 5.70. The van der Waals surface area contributed by atoms with E-state index in [2.05, 4.69) is 0 Å². The van der Waals surface area contributed by atoms with Gasteiger partial charge in [0.05, 0.1) is 23.7 Å². The number of hydrogen-bond donors (Lipinski definition) is 1. The van der Waals surface area contributed by atoms with Gasteiger partial charge in [-0.2, -0.15) is 0 Å². The molecule has 0 unspecified atom stereocenters. The summed E-state index contributed by atoms with van der Waals surface area (Å²) in [6.07, 6.45) is 0. The largest absolute Gasteiger partial charge is 0.487 e. The fourth-order valence-electron chi connectivity index (χ4n) is 1.69. The van der Waals surface area contributed by atoms with Crippen LogP contribution in [0.4, 0.5) is 11.4 Å². The summed E-state index contributed by atoms with van der Waals surface area (Å²) in [5.41, 5.74) is 6.74. The molecule has 2 N–H and O–H groups in total. The van der Waals surface area contributed by atoms with Gasteiger partial charge in [0.2, 0.25) is 10.0 Å². The quantitative estimate of drug-likeness (QED) is 0.779. The highest BCUT2D eigenvalue weighted by Crippen LogP contribution is 2.37. The molecule has 5 nitrogen and oxygen atoms in total. The third-order valence-corrected chi connectivity index (χ3v) is 4.32. The van der Waals surface area contributed by atoms with Crippen molar-refractivity contribution in [2.24, 2.45) is 0 Å². The van der Waals surface area contributed by atoms with Gasteiger partial charge in [-0.3, -0.25) is 4.31 Å². The molecule has 0 aliphatic carbocycles. The molecule has 1 aromatic rings. The average molecular weight is 242 g/mol. The lowest BCUT2D eigenvalue weighted by atomic mass is 10.2. The number of sulfonamides is 1. The topological polar surface area (TPSA) is 72.6 Å². The molecule has 1 heterocycles. The molecule has 16 heavy (non-hydrogen) atoms. The summed E-state index contributed by atoms with van der Waals surface area (Å²) >= 11 is 0. The lowest BCUT2D eigenvalue weighted by molar-refractivity contribution is 0.317. The minimum Gasteiger partial charge on any atom is -0.487 e. The van der Waals surface area contributed by atoms with E-state index in [1.54, 1.807) is 25.1 Å². The maximum absolute atomic E-state index is 11.9. The number of fused-ring (bicyclic) bond motifs is 1. The molecule has 0 amide bonds. The first-order valence-corrected chi connectivity index (χ1v) is 6.69. The van der Waals surface area contributed by atoms with Gasteiger partial charge in [0, 0.05) is 0 Å². The summed E-state index contributed by atoms with van der Waals surface area (Å²) in [4.78, 5) is 0. The predicted molar refractivity (Wildman–Crippen MR) is 63.2 cm³/mol. The van der Waals surface area contributed by atoms with Crippen molar-refractivity contribution >= 4 is 21.4 Å². The number of ether oxygens (including phenoxy) is 1. The zero-order valence-corrected chi connectivity index (χ0v) is 9.83. The maximum atomic E-state index is 11.9. The van der Waals surface area contributed by atoms with Crippen molar-refractivity contribution in [3.8, 4) is 5.75 Å². The SMILES string of the molecule is CCS(=O)(=O)N1CCOc2c(N)cccc21. The van der Waals surface area contributed by atoms with Gasteiger partial charge < -0.3 is 10.5 Å². The van der Waals surface area contributed by atoms with Crippen molar-refractivity contribution in [1.82, 2.24) is 0 Å². The Morgan fingerprint density at radius 3 is 2.94 bits per heavy atom. The van der Waals surface area contributed by atoms with Crippen LogP contribution in [0.15, 0.2) is 18.2 Å². The van der Waals surface area contributed by atoms with Gasteiger partial charge in [0.25, 0.3) is 0 Å². The number of para-hydroxylation sites is 1. The van der Waals surface area contributed by atoms with Gasteiger partial charge in [-0.15, -0.1) is 0 Å². The molecular formula is C10H14N2O3S. The molecule has 0 saturated carbocycles. The second-order valence-electron chi connectivity index (χ2n) is 3.52. The summed E-state index contributed by atoms with van der Waals surface area (Å²) in [7, 11) is -3.25. The van der Waals surface area contributed by atoms with Crippen LogP contribution in [-0.2, 0) is 10.0 Å². The maximum Gasteiger partial charge on any atom is 0.235 e. The van der Waals surface area contributed by atoms with E-state index in [1.807, 2.05) is 0 Å². The predicted octanol–water partition coefficient (Wildman–Crippen LogP) is 0.817. The van der Waals surface area contributed by atoms with Gasteiger partial charge in [-0.25, -0.2) is 8.42 Å². The average Bonchev–Trinajstić information content (AvgIpc) is 2.29. The van der Waals surface area contributed by atoms with Crippen LogP contribution in [0, 0.1) is 0 Å². The molecule has 88 valence electrons. The molecule has 1 aliphatic rings. The highest BCUT2D eigenvalue weighted by Gasteiger charge is 2.27. The Labute approximate surface area is 94.9 Å². The van der Waals surface area contributed by atoms with E-state index in [9.17, 15) is 8.42 Å². The summed E-state index contributed by atoms with van der Waals surface area (Å²) in [5, 5.41) is 0. The Balaban J connectivity index is 2.53. The molecule has 1 aliphatic heterocycles. The van der Waals surface area contributed by atoms with Crippen LogP contribution >= 0.6 is 0 Å². The number of nitrogens with two attached hydrogens (primary N) is 1. The molecular weight excluding hydrogens is 228 g/mol. The molecule has 2 rings (SSSR count). The van der Waals surface area contributed by atoms with Crippen LogP contribution < -0.4 is 14.8 Å². The van der Waals surface area contributed by atoms with E-state index in [0.717, 1.165) is 0 Å². The molecule has 0 atom stereocenters. The highest BCUT2D eigenvalue weighted by atomic mass is 32.2. The van der Waals surface area contributed by atoms with Gasteiger partial charge in [-0.05, 0) is 19.1 Å². The second kappa shape index (κ2) is 3.86. The lowest BCUT2D eigenvalue weighted by Crippen LogP contribution is -2.39. The summed E-state index contributed by atoms with van der Waals surface area (Å²) in [5.74, 6) is 0.534. The Bertz CT molecular complexity index is 499. The normalized spacial score (nSPS) is 15.4. The number of benzene rings is 1. The van der Waals surface area contributed by atoms with Gasteiger partial charge in [0.1, 0.15) is 6.61 Å². The molecule has 0 spiro atoms. The van der Waals surface area contributed by atoms with Crippen molar-refractivity contribution in [2.45, 2.75) is 6.92 Å². The molecule has 0 radical (unpaired) electrons. The number of anilines is 2. The zero-order valence-electron chi connectivity index (χ0n) is 9.01. The number of nitrogens with zero attached hydrogens (tertiary/aromatic N) is 1. The van der Waals surface area contributed by atoms with Crippen LogP contribution in [0.25, 0.3) is 0 Å². The standard InChI is InChI=1S/C10H14N2O3S/c1-2-16(13,14)12-6-7-15-10-8(11)4-3-5-9(10)12/h3-5H,2,6-7,11H2,1H3. The van der Waals surface area contributed by atoms with Gasteiger partial charge in [-0.1, -0.05) is 6.07 Å². The van der Waals surface area contributed by atoms with Crippen LogP contribution in [0.3, 0.4) is 0 Å². The lowest BCUT2D eigenvalue weighted by Gasteiger charge is -2.30. The van der Waals surface area contributed by atoms with Crippen LogP contribution in [0.5, 0.6) is 5.75 Å². The molecule has 0 aromatic heterocycles. The van der Waals surface area contributed by atoms with Crippen molar-refractivity contribution in [3.05, 3.63) is 18.2 Å². The first-order valence-electron chi connectivity index (χ1n) is 5.08. The van der Waals surface area contributed by atoms with Crippen molar-refractivity contribution < 1.29 is 13.2 Å². The van der Waals surface area contributed by atoms with Crippen LogP contribution in [0.1, 0.15) is 6.92 Å². The highest BCUT2D eigenvalue weighted by molar-refractivity contribution is 7.92. The summed E-state index contributed by atoms with van der Waals surface area (Å²) < 4.78 is 30.5. The first-order chi connectivity index (χ1) is 7.56. The van der Waals surface area contributed by atoms with E-state index in [4.69, 9.17) is 10.5 Å². The third kappa shape index (κ3) is 1.69. The Kier molecular flexibility index (Phi) is 2.67. The fraction of sp³-hybridized carbons (Fsp3) is 0.400. The number of hydrogen-bond acceptors (Lipinski definition) is 4. The molecule has 0 saturated heterocycles. The molecule has 1 aromatic carbocycles. The zero-order chi connectivity index (χ0) is 11.8. The van der Waals surface area contributed by atoms with Gasteiger partial charge in [0.15, 0.2) is 5.75 Å². The van der Waals surface area contributed by atoms with Crippen molar-refractivity contribution in [3.63, 3.8) is 0 Å². The number of rotatable bonds is 2. The molecule has 0 bridgehead atoms. The monoisotopic (exact) mass is 242 g/mol. The van der Waals surface area contributed by atoms with E-state index in [-0.39, 0.29) is 5.75 Å². The molecule has 6 heteroatoms. The Morgan fingerprint density at radius 1 is 1.50 bits per heavy atom. The number of nitrogen functional groups attached to an aromatic ring is 1. The van der Waals surface area contributed by atoms with E-state index in [1.165, 1.54) is 4.31 Å². The van der Waals surface area contributed by atoms with Crippen molar-refractivity contribution in [1.29, 1.82) is 0 Å². The van der Waals surface area contributed by atoms with Gasteiger partial charge >= 0.3 is 0 Å². The Hall–Kier alpha value is -1.43. The van der Waals surface area contributed by atoms with Crippen LogP contribution in [0.2, 0.25) is 0 Å². The minimum atomic E-state index is -3.25. The minimum absolute atomic E-state index is 0.0707. The van der Waals surface area contributed by atoms with E-state index in [0.29, 0.717) is 30.3 Å². The summed E-state index contributed by atoms with van der Waals surface area (Å²) in [6, 6.07) is 5.12. The fourth-order valence-corrected chi connectivity index (χ4v) is 2.80. The smallest absolute Gasteiger partial charge is 0.235 e. The third-order valence-electron chi connectivity index (χ3n) is 2.53. The Morgan fingerprint density at radius 2 is 2.25 bits per heavy atom. The molecule has 0 fully saturated rings. The van der Waals surface area contributed by atoms with E-state index < -0.39 is 10.0 Å². The van der Waals surface area contributed by atoms with E-state index >= 15 is 0 Å². The van der Waals surface area contributed by atoms with Crippen LogP contribution in [-0.4, -0.2) is 27.3 Å². The van der Waals surface area contributed by atoms with Crippen molar-refractivity contribution in [2.75, 3.05) is 28.9 Å².